The molecule has 0 radical (unpaired) electrons. The van der Waals surface area contributed by atoms with Crippen LogP contribution in [-0.2, 0) is 6.18 Å². The summed E-state index contributed by atoms with van der Waals surface area (Å²) in [6, 6.07) is 9.34. The smallest absolute Gasteiger partial charge is 0.416 e. The Morgan fingerprint density at radius 3 is 2.32 bits per heavy atom. The number of carbonyl (C=O) groups excluding carboxylic acids is 1. The molecule has 0 saturated carbocycles. The van der Waals surface area contributed by atoms with E-state index in [4.69, 9.17) is 4.74 Å². The number of rotatable bonds is 3. The van der Waals surface area contributed by atoms with Gasteiger partial charge in [0.25, 0.3) is 5.91 Å². The molecule has 1 N–H and O–H groups in total. The largest absolute Gasteiger partial charge is 0.496 e. The number of alkyl halides is 3. The second kappa shape index (κ2) is 6.55. The Balaban J connectivity index is 2.20. The Hall–Kier alpha value is -1.77. The summed E-state index contributed by atoms with van der Waals surface area (Å²) in [5, 5.41) is 2.55. The second-order valence-electron chi connectivity index (χ2n) is 4.37. The van der Waals surface area contributed by atoms with Crippen LogP contribution in [0.15, 0.2) is 42.5 Å². The molecule has 2 aromatic rings. The van der Waals surface area contributed by atoms with Gasteiger partial charge < -0.3 is 10.1 Å². The molecule has 1 amide bonds. The molecule has 116 valence electrons. The molecule has 3 nitrogen and oxygen atoms in total. The number of hydrogen-bond donors (Lipinski definition) is 1. The molecule has 0 aliphatic carbocycles. The fraction of sp³-hybridized carbons (Fsp3) is 0.133. The normalized spacial score (nSPS) is 11.1. The average molecular weight is 421 g/mol. The molecule has 7 heteroatoms. The third-order valence-corrected chi connectivity index (χ3v) is 3.55. The van der Waals surface area contributed by atoms with Crippen LogP contribution in [-0.4, -0.2) is 13.0 Å². The quantitative estimate of drug-likeness (QED) is 0.738. The van der Waals surface area contributed by atoms with Crippen molar-refractivity contribution < 1.29 is 22.7 Å². The fourth-order valence-electron chi connectivity index (χ4n) is 1.80. The second-order valence-corrected chi connectivity index (χ2v) is 5.62. The molecular formula is C15H11F3INO2. The first kappa shape index (κ1) is 16.6. The van der Waals surface area contributed by atoms with Gasteiger partial charge in [-0.15, -0.1) is 0 Å². The summed E-state index contributed by atoms with van der Waals surface area (Å²) < 4.78 is 43.4. The van der Waals surface area contributed by atoms with Gasteiger partial charge in [-0.1, -0.05) is 0 Å². The van der Waals surface area contributed by atoms with Gasteiger partial charge in [0.2, 0.25) is 0 Å². The van der Waals surface area contributed by atoms with Gasteiger partial charge >= 0.3 is 6.18 Å². The topological polar surface area (TPSA) is 38.3 Å². The van der Waals surface area contributed by atoms with Crippen molar-refractivity contribution in [2.75, 3.05) is 12.4 Å². The van der Waals surface area contributed by atoms with Crippen molar-refractivity contribution in [1.82, 2.24) is 0 Å². The lowest BCUT2D eigenvalue weighted by Crippen LogP contribution is -2.14. The van der Waals surface area contributed by atoms with Gasteiger partial charge in [-0.2, -0.15) is 13.2 Å². The predicted octanol–water partition coefficient (Wildman–Crippen LogP) is 4.57. The van der Waals surface area contributed by atoms with E-state index in [1.807, 2.05) is 0 Å². The highest BCUT2D eigenvalue weighted by atomic mass is 127. The van der Waals surface area contributed by atoms with Gasteiger partial charge in [0.1, 0.15) is 5.75 Å². The van der Waals surface area contributed by atoms with Gasteiger partial charge in [0, 0.05) is 9.26 Å². The highest BCUT2D eigenvalue weighted by Crippen LogP contribution is 2.30. The van der Waals surface area contributed by atoms with E-state index in [-0.39, 0.29) is 5.69 Å². The average Bonchev–Trinajstić information content (AvgIpc) is 2.46. The number of amides is 1. The summed E-state index contributed by atoms with van der Waals surface area (Å²) in [5.41, 5.74) is -0.175. The Labute approximate surface area is 138 Å². The van der Waals surface area contributed by atoms with E-state index in [0.717, 1.165) is 15.7 Å². The maximum atomic E-state index is 12.5. The standard InChI is InChI=1S/C15H11F3INO2/c1-22-13-7-4-10(19)8-12(13)14(21)20-11-5-2-9(3-6-11)15(16,17)18/h2-8H,1H3,(H,20,21). The lowest BCUT2D eigenvalue weighted by molar-refractivity contribution is -0.137. The van der Waals surface area contributed by atoms with Crippen molar-refractivity contribution in [3.63, 3.8) is 0 Å². The van der Waals surface area contributed by atoms with Crippen molar-refractivity contribution in [3.05, 3.63) is 57.2 Å². The molecule has 0 atom stereocenters. The molecule has 0 bridgehead atoms. The maximum Gasteiger partial charge on any atom is 0.416 e. The molecular weight excluding hydrogens is 410 g/mol. The van der Waals surface area contributed by atoms with E-state index in [1.54, 1.807) is 18.2 Å². The maximum absolute atomic E-state index is 12.5. The Kier molecular flexibility index (Phi) is 4.94. The van der Waals surface area contributed by atoms with Crippen molar-refractivity contribution in [1.29, 1.82) is 0 Å². The molecule has 2 aromatic carbocycles. The summed E-state index contributed by atoms with van der Waals surface area (Å²) >= 11 is 2.06. The van der Waals surface area contributed by atoms with Crippen LogP contribution in [0.25, 0.3) is 0 Å². The van der Waals surface area contributed by atoms with E-state index < -0.39 is 17.6 Å². The van der Waals surface area contributed by atoms with Crippen molar-refractivity contribution >= 4 is 34.2 Å². The number of anilines is 1. The van der Waals surface area contributed by atoms with Crippen molar-refractivity contribution in [2.45, 2.75) is 6.18 Å². The van der Waals surface area contributed by atoms with Crippen LogP contribution < -0.4 is 10.1 Å². The zero-order valence-corrected chi connectivity index (χ0v) is 13.5. The zero-order valence-electron chi connectivity index (χ0n) is 11.4. The summed E-state index contributed by atoms with van der Waals surface area (Å²) in [6.45, 7) is 0. The summed E-state index contributed by atoms with van der Waals surface area (Å²) in [7, 11) is 1.44. The van der Waals surface area contributed by atoms with Gasteiger partial charge in [-0.3, -0.25) is 4.79 Å². The lowest BCUT2D eigenvalue weighted by Gasteiger charge is -2.11. The van der Waals surface area contributed by atoms with Crippen LogP contribution in [0, 0.1) is 3.57 Å². The third kappa shape index (κ3) is 3.90. The summed E-state index contributed by atoms with van der Waals surface area (Å²) in [4.78, 5) is 12.2. The summed E-state index contributed by atoms with van der Waals surface area (Å²) in [6.07, 6.45) is -4.40. The van der Waals surface area contributed by atoms with Crippen LogP contribution >= 0.6 is 22.6 Å². The minimum atomic E-state index is -4.40. The first-order valence-corrected chi connectivity index (χ1v) is 7.21. The SMILES string of the molecule is COc1ccc(I)cc1C(=O)Nc1ccc(C(F)(F)F)cc1. The van der Waals surface area contributed by atoms with Crippen LogP contribution in [0.5, 0.6) is 5.75 Å². The molecule has 22 heavy (non-hydrogen) atoms. The molecule has 0 aromatic heterocycles. The van der Waals surface area contributed by atoms with Crippen LogP contribution in [0.3, 0.4) is 0 Å². The first-order valence-electron chi connectivity index (χ1n) is 6.13. The molecule has 0 saturated heterocycles. The van der Waals surface area contributed by atoms with Crippen LogP contribution in [0.4, 0.5) is 18.9 Å². The van der Waals surface area contributed by atoms with Gasteiger partial charge in [-0.25, -0.2) is 0 Å². The third-order valence-electron chi connectivity index (χ3n) is 2.88. The highest BCUT2D eigenvalue weighted by molar-refractivity contribution is 14.1. The predicted molar refractivity (Wildman–Crippen MR) is 85.1 cm³/mol. The first-order chi connectivity index (χ1) is 10.3. The summed E-state index contributed by atoms with van der Waals surface area (Å²) in [5.74, 6) is -0.0556. The number of hydrogen-bond acceptors (Lipinski definition) is 2. The van der Waals surface area contributed by atoms with E-state index >= 15 is 0 Å². The zero-order chi connectivity index (χ0) is 16.3. The monoisotopic (exact) mass is 421 g/mol. The van der Waals surface area contributed by atoms with Crippen LogP contribution in [0.1, 0.15) is 15.9 Å². The molecule has 0 heterocycles. The molecule has 0 unspecified atom stereocenters. The lowest BCUT2D eigenvalue weighted by atomic mass is 10.1. The molecule has 2 rings (SSSR count). The van der Waals surface area contributed by atoms with Gasteiger partial charge in [-0.05, 0) is 65.1 Å². The van der Waals surface area contributed by atoms with Gasteiger partial charge in [0.05, 0.1) is 18.2 Å². The van der Waals surface area contributed by atoms with Crippen molar-refractivity contribution in [2.24, 2.45) is 0 Å². The number of ether oxygens (including phenoxy) is 1. The van der Waals surface area contributed by atoms with Gasteiger partial charge in [0.15, 0.2) is 0 Å². The Morgan fingerprint density at radius 1 is 1.14 bits per heavy atom. The number of methoxy groups -OCH3 is 1. The molecule has 0 spiro atoms. The Morgan fingerprint density at radius 2 is 1.77 bits per heavy atom. The van der Waals surface area contributed by atoms with Crippen molar-refractivity contribution in [3.8, 4) is 5.75 Å². The minimum Gasteiger partial charge on any atom is -0.496 e. The number of benzene rings is 2. The van der Waals surface area contributed by atoms with E-state index in [1.165, 1.54) is 19.2 Å². The Bertz CT molecular complexity index is 684. The van der Waals surface area contributed by atoms with E-state index in [9.17, 15) is 18.0 Å². The molecule has 0 aliphatic heterocycles. The number of nitrogens with one attached hydrogen (secondary N) is 1. The number of carbonyl (C=O) groups is 1. The van der Waals surface area contributed by atoms with E-state index in [0.29, 0.717) is 11.3 Å². The minimum absolute atomic E-state index is 0.277. The molecule has 0 aliphatic rings. The fourth-order valence-corrected chi connectivity index (χ4v) is 2.29. The molecule has 0 fully saturated rings. The highest BCUT2D eigenvalue weighted by Gasteiger charge is 2.30. The number of halogens is 4. The van der Waals surface area contributed by atoms with E-state index in [2.05, 4.69) is 27.9 Å². The van der Waals surface area contributed by atoms with Crippen LogP contribution in [0.2, 0.25) is 0 Å².